The molecule has 0 aromatic rings. The summed E-state index contributed by atoms with van der Waals surface area (Å²) in [4.78, 5) is 0. The summed E-state index contributed by atoms with van der Waals surface area (Å²) in [6, 6.07) is 0. The molecule has 54 valence electrons. The molecule has 0 bridgehead atoms. The number of rotatable bonds is 2. The Kier molecular flexibility index (Phi) is 2.76. The average Bonchev–Trinajstić information content (AvgIpc) is 1.94. The van der Waals surface area contributed by atoms with Crippen LogP contribution in [-0.4, -0.2) is 0 Å². The second-order valence-electron chi connectivity index (χ2n) is 2.39. The second kappa shape index (κ2) is 3.62. The highest BCUT2D eigenvalue weighted by Gasteiger charge is 2.03. The summed E-state index contributed by atoms with van der Waals surface area (Å²) in [7, 11) is 0. The Hall–Kier alpha value is -0.490. The first-order valence-electron chi connectivity index (χ1n) is 3.49. The fraction of sp³-hybridized carbons (Fsp3) is 0.333. The maximum Gasteiger partial charge on any atom is 0.0398 e. The predicted octanol–water partition coefficient (Wildman–Crippen LogP) is 3.41. The third-order valence-corrected chi connectivity index (χ3v) is 2.00. The van der Waals surface area contributed by atoms with Crippen LogP contribution in [0.15, 0.2) is 35.4 Å². The first-order chi connectivity index (χ1) is 4.84. The molecule has 0 aliphatic heterocycles. The van der Waals surface area contributed by atoms with Gasteiger partial charge >= 0.3 is 0 Å². The van der Waals surface area contributed by atoms with E-state index in [1.807, 2.05) is 12.2 Å². The van der Waals surface area contributed by atoms with Crippen LogP contribution in [0.3, 0.4) is 0 Å². The highest BCUT2D eigenvalue weighted by molar-refractivity contribution is 6.31. The molecular weight excluding hydrogens is 144 g/mol. The van der Waals surface area contributed by atoms with Crippen molar-refractivity contribution in [3.63, 3.8) is 0 Å². The summed E-state index contributed by atoms with van der Waals surface area (Å²) in [5, 5.41) is 0.908. The van der Waals surface area contributed by atoms with Crippen LogP contribution in [0.5, 0.6) is 0 Å². The summed E-state index contributed by atoms with van der Waals surface area (Å²) in [5.41, 5.74) is 1.32. The minimum Gasteiger partial charge on any atom is -0.103 e. The number of hydrogen-bond acceptors (Lipinski definition) is 0. The Bertz CT molecular complexity index is 187. The number of hydrogen-bond donors (Lipinski definition) is 0. The maximum atomic E-state index is 5.91. The second-order valence-corrected chi connectivity index (χ2v) is 2.79. The van der Waals surface area contributed by atoms with Crippen LogP contribution in [0.25, 0.3) is 0 Å². The van der Waals surface area contributed by atoms with Crippen molar-refractivity contribution in [2.75, 3.05) is 0 Å². The first kappa shape index (κ1) is 7.62. The van der Waals surface area contributed by atoms with Gasteiger partial charge in [-0.05, 0) is 30.9 Å². The SMILES string of the molecule is C=CCC1=C(Cl)C=CCC1. The van der Waals surface area contributed by atoms with Gasteiger partial charge in [-0.1, -0.05) is 23.8 Å². The zero-order valence-corrected chi connectivity index (χ0v) is 6.69. The van der Waals surface area contributed by atoms with E-state index < -0.39 is 0 Å². The quantitative estimate of drug-likeness (QED) is 0.535. The van der Waals surface area contributed by atoms with Gasteiger partial charge in [-0.15, -0.1) is 6.58 Å². The van der Waals surface area contributed by atoms with Gasteiger partial charge in [-0.3, -0.25) is 0 Å². The molecule has 0 heterocycles. The van der Waals surface area contributed by atoms with Crippen molar-refractivity contribution >= 4 is 11.6 Å². The lowest BCUT2D eigenvalue weighted by molar-refractivity contribution is 0.920. The van der Waals surface area contributed by atoms with E-state index in [9.17, 15) is 0 Å². The number of halogens is 1. The van der Waals surface area contributed by atoms with Crippen molar-refractivity contribution in [2.45, 2.75) is 19.3 Å². The predicted molar refractivity (Wildman–Crippen MR) is 46.1 cm³/mol. The van der Waals surface area contributed by atoms with Crippen LogP contribution in [0, 0.1) is 0 Å². The summed E-state index contributed by atoms with van der Waals surface area (Å²) >= 11 is 5.91. The molecule has 0 nitrogen and oxygen atoms in total. The molecule has 0 radical (unpaired) electrons. The van der Waals surface area contributed by atoms with E-state index in [4.69, 9.17) is 11.6 Å². The Balaban J connectivity index is 2.68. The van der Waals surface area contributed by atoms with Crippen molar-refractivity contribution in [1.82, 2.24) is 0 Å². The molecule has 0 fully saturated rings. The average molecular weight is 155 g/mol. The lowest BCUT2D eigenvalue weighted by Crippen LogP contribution is -1.88. The van der Waals surface area contributed by atoms with E-state index >= 15 is 0 Å². The van der Waals surface area contributed by atoms with Crippen molar-refractivity contribution in [2.24, 2.45) is 0 Å². The first-order valence-corrected chi connectivity index (χ1v) is 3.87. The van der Waals surface area contributed by atoms with Gasteiger partial charge < -0.3 is 0 Å². The van der Waals surface area contributed by atoms with E-state index in [1.54, 1.807) is 0 Å². The van der Waals surface area contributed by atoms with Crippen molar-refractivity contribution in [3.8, 4) is 0 Å². The Labute approximate surface area is 66.9 Å². The van der Waals surface area contributed by atoms with Crippen LogP contribution in [-0.2, 0) is 0 Å². The monoisotopic (exact) mass is 154 g/mol. The molecule has 10 heavy (non-hydrogen) atoms. The van der Waals surface area contributed by atoms with E-state index in [0.717, 1.165) is 24.3 Å². The van der Waals surface area contributed by atoms with E-state index in [0.29, 0.717) is 0 Å². The molecule has 1 aliphatic rings. The third-order valence-electron chi connectivity index (χ3n) is 1.61. The summed E-state index contributed by atoms with van der Waals surface area (Å²) in [6.07, 6.45) is 9.14. The molecule has 0 saturated heterocycles. The molecule has 0 unspecified atom stereocenters. The van der Waals surface area contributed by atoms with Gasteiger partial charge in [0, 0.05) is 5.03 Å². The van der Waals surface area contributed by atoms with E-state index in [1.165, 1.54) is 5.57 Å². The molecule has 1 heteroatoms. The minimum absolute atomic E-state index is 0.908. The molecule has 0 aromatic carbocycles. The van der Waals surface area contributed by atoms with E-state index in [2.05, 4.69) is 12.7 Å². The molecule has 0 atom stereocenters. The van der Waals surface area contributed by atoms with Crippen LogP contribution in [0.1, 0.15) is 19.3 Å². The maximum absolute atomic E-state index is 5.91. The van der Waals surface area contributed by atoms with Crippen molar-refractivity contribution in [1.29, 1.82) is 0 Å². The van der Waals surface area contributed by atoms with Crippen LogP contribution in [0.4, 0.5) is 0 Å². The fourth-order valence-electron chi connectivity index (χ4n) is 1.06. The molecule has 0 N–H and O–H groups in total. The van der Waals surface area contributed by atoms with Crippen LogP contribution >= 0.6 is 11.6 Å². The molecule has 0 aromatic heterocycles. The molecule has 1 aliphatic carbocycles. The zero-order valence-electron chi connectivity index (χ0n) is 5.94. The minimum atomic E-state index is 0.908. The highest BCUT2D eigenvalue weighted by atomic mass is 35.5. The standard InChI is InChI=1S/C9H11Cl/c1-2-5-8-6-3-4-7-9(8)10/h2,4,7H,1,3,5-6H2. The van der Waals surface area contributed by atoms with E-state index in [-0.39, 0.29) is 0 Å². The van der Waals surface area contributed by atoms with Crippen molar-refractivity contribution < 1.29 is 0 Å². The van der Waals surface area contributed by atoms with Gasteiger partial charge in [-0.2, -0.15) is 0 Å². The van der Waals surface area contributed by atoms with Gasteiger partial charge in [-0.25, -0.2) is 0 Å². The smallest absolute Gasteiger partial charge is 0.0398 e. The summed E-state index contributed by atoms with van der Waals surface area (Å²) in [5.74, 6) is 0. The number of allylic oxidation sites excluding steroid dienone is 5. The van der Waals surface area contributed by atoms with Crippen LogP contribution in [0.2, 0.25) is 0 Å². The molecule has 0 saturated carbocycles. The van der Waals surface area contributed by atoms with Gasteiger partial charge in [0.1, 0.15) is 0 Å². The molecule has 0 spiro atoms. The normalized spacial score (nSPS) is 17.7. The molecular formula is C9H11Cl. The van der Waals surface area contributed by atoms with Gasteiger partial charge in [0.05, 0.1) is 0 Å². The topological polar surface area (TPSA) is 0 Å². The van der Waals surface area contributed by atoms with Gasteiger partial charge in [0.25, 0.3) is 0 Å². The molecule has 1 rings (SSSR count). The third kappa shape index (κ3) is 1.74. The van der Waals surface area contributed by atoms with Crippen LogP contribution < -0.4 is 0 Å². The summed E-state index contributed by atoms with van der Waals surface area (Å²) < 4.78 is 0. The van der Waals surface area contributed by atoms with Gasteiger partial charge in [0.15, 0.2) is 0 Å². The van der Waals surface area contributed by atoms with Crippen molar-refractivity contribution in [3.05, 3.63) is 35.4 Å². The summed E-state index contributed by atoms with van der Waals surface area (Å²) in [6.45, 7) is 3.67. The Morgan fingerprint density at radius 1 is 1.70 bits per heavy atom. The lowest BCUT2D eigenvalue weighted by atomic mass is 10.0. The van der Waals surface area contributed by atoms with Gasteiger partial charge in [0.2, 0.25) is 0 Å². The zero-order chi connectivity index (χ0) is 7.40. The highest BCUT2D eigenvalue weighted by Crippen LogP contribution is 2.24. The Morgan fingerprint density at radius 2 is 2.50 bits per heavy atom. The molecule has 0 amide bonds. The largest absolute Gasteiger partial charge is 0.103 e. The Morgan fingerprint density at radius 3 is 3.10 bits per heavy atom. The lowest BCUT2D eigenvalue weighted by Gasteiger charge is -2.08. The fourth-order valence-corrected chi connectivity index (χ4v) is 1.32.